The number of nitrogens with one attached hydrogen (secondary N) is 1. The molecule has 2 aromatic heterocycles. The number of aryl methyl sites for hydroxylation is 1. The van der Waals surface area contributed by atoms with Gasteiger partial charge in [-0.3, -0.25) is 4.79 Å². The molecule has 0 atom stereocenters. The maximum absolute atomic E-state index is 12.2. The van der Waals surface area contributed by atoms with Crippen LogP contribution in [0.15, 0.2) is 41.8 Å². The van der Waals surface area contributed by atoms with Gasteiger partial charge in [-0.2, -0.15) is 0 Å². The number of nitrogens with zero attached hydrogens (tertiary/aromatic N) is 3. The Hall–Kier alpha value is -2.67. The van der Waals surface area contributed by atoms with E-state index in [1.807, 2.05) is 48.7 Å². The molecule has 23 heavy (non-hydrogen) atoms. The summed E-state index contributed by atoms with van der Waals surface area (Å²) in [5.41, 5.74) is 8.43. The zero-order valence-electron chi connectivity index (χ0n) is 12.7. The number of rotatable bonds is 5. The van der Waals surface area contributed by atoms with Gasteiger partial charge in [-0.05, 0) is 29.5 Å². The van der Waals surface area contributed by atoms with Crippen molar-refractivity contribution in [1.29, 1.82) is 0 Å². The highest BCUT2D eigenvalue weighted by Gasteiger charge is 2.17. The topological polar surface area (TPSA) is 85.8 Å². The molecule has 0 fully saturated rings. The number of nitrogen functional groups attached to an aromatic ring is 1. The normalized spacial score (nSPS) is 10.7. The van der Waals surface area contributed by atoms with Gasteiger partial charge in [0, 0.05) is 4.88 Å². The molecular formula is C16H17N5OS. The van der Waals surface area contributed by atoms with Gasteiger partial charge < -0.3 is 11.1 Å². The number of amides is 1. The summed E-state index contributed by atoms with van der Waals surface area (Å²) in [7, 11) is 0. The molecule has 0 radical (unpaired) electrons. The number of benzene rings is 1. The fraction of sp³-hybridized carbons (Fsp3) is 0.188. The molecule has 0 spiro atoms. The summed E-state index contributed by atoms with van der Waals surface area (Å²) in [5.74, 6) is -0.0381. The number of aromatic nitrogens is 3. The summed E-state index contributed by atoms with van der Waals surface area (Å²) in [6.07, 6.45) is 0. The van der Waals surface area contributed by atoms with Crippen LogP contribution in [0.3, 0.4) is 0 Å². The molecule has 0 aliphatic rings. The van der Waals surface area contributed by atoms with E-state index in [2.05, 4.69) is 15.6 Å². The average Bonchev–Trinajstić information content (AvgIpc) is 3.18. The molecule has 6 nitrogen and oxygen atoms in total. The number of hydrogen-bond donors (Lipinski definition) is 2. The lowest BCUT2D eigenvalue weighted by Crippen LogP contribution is -2.24. The highest BCUT2D eigenvalue weighted by Crippen LogP contribution is 2.14. The molecule has 3 rings (SSSR count). The summed E-state index contributed by atoms with van der Waals surface area (Å²) >= 11 is 1.59. The Kier molecular flexibility index (Phi) is 4.38. The lowest BCUT2D eigenvalue weighted by atomic mass is 10.1. The van der Waals surface area contributed by atoms with Crippen molar-refractivity contribution in [2.45, 2.75) is 20.0 Å². The molecule has 0 bridgehead atoms. The lowest BCUT2D eigenvalue weighted by molar-refractivity contribution is 0.0947. The Morgan fingerprint density at radius 3 is 2.87 bits per heavy atom. The van der Waals surface area contributed by atoms with Crippen LogP contribution in [0.2, 0.25) is 0 Å². The highest BCUT2D eigenvalue weighted by atomic mass is 32.1. The van der Waals surface area contributed by atoms with Gasteiger partial charge in [0.05, 0.1) is 13.1 Å². The van der Waals surface area contributed by atoms with Gasteiger partial charge in [0.2, 0.25) is 0 Å². The number of thiophene rings is 1. The largest absolute Gasteiger partial charge is 0.382 e. The fourth-order valence-electron chi connectivity index (χ4n) is 2.21. The molecule has 1 aromatic carbocycles. The Morgan fingerprint density at radius 2 is 2.13 bits per heavy atom. The van der Waals surface area contributed by atoms with Gasteiger partial charge in [-0.15, -0.1) is 16.4 Å². The van der Waals surface area contributed by atoms with Crippen molar-refractivity contribution in [3.05, 3.63) is 63.5 Å². The van der Waals surface area contributed by atoms with Gasteiger partial charge in [0.1, 0.15) is 0 Å². The zero-order chi connectivity index (χ0) is 16.2. The fourth-order valence-corrected chi connectivity index (χ4v) is 2.86. The van der Waals surface area contributed by atoms with E-state index in [4.69, 9.17) is 5.73 Å². The SMILES string of the molecule is Cc1ccccc1Cn1nnc(C(=O)NCc2cccs2)c1N. The smallest absolute Gasteiger partial charge is 0.276 e. The molecule has 2 heterocycles. The first-order valence-electron chi connectivity index (χ1n) is 7.19. The van der Waals surface area contributed by atoms with E-state index < -0.39 is 0 Å². The monoisotopic (exact) mass is 327 g/mol. The maximum atomic E-state index is 12.2. The highest BCUT2D eigenvalue weighted by molar-refractivity contribution is 7.09. The second-order valence-corrected chi connectivity index (χ2v) is 6.20. The summed E-state index contributed by atoms with van der Waals surface area (Å²) in [5, 5.41) is 12.7. The Bertz CT molecular complexity index is 810. The van der Waals surface area contributed by atoms with E-state index in [0.717, 1.165) is 16.0 Å². The molecule has 0 unspecified atom stereocenters. The minimum Gasteiger partial charge on any atom is -0.382 e. The van der Waals surface area contributed by atoms with Gasteiger partial charge in [-0.1, -0.05) is 35.5 Å². The van der Waals surface area contributed by atoms with Gasteiger partial charge in [-0.25, -0.2) is 4.68 Å². The quantitative estimate of drug-likeness (QED) is 0.752. The van der Waals surface area contributed by atoms with Crippen LogP contribution >= 0.6 is 11.3 Å². The number of carbonyl (C=O) groups is 1. The predicted molar refractivity (Wildman–Crippen MR) is 90.2 cm³/mol. The van der Waals surface area contributed by atoms with Crippen molar-refractivity contribution in [2.24, 2.45) is 0 Å². The second kappa shape index (κ2) is 6.62. The zero-order valence-corrected chi connectivity index (χ0v) is 13.5. The molecule has 3 N–H and O–H groups in total. The van der Waals surface area contributed by atoms with Gasteiger partial charge in [0.25, 0.3) is 5.91 Å². The van der Waals surface area contributed by atoms with E-state index in [1.54, 1.807) is 16.0 Å². The van der Waals surface area contributed by atoms with Gasteiger partial charge in [0.15, 0.2) is 11.5 Å². The summed E-state index contributed by atoms with van der Waals surface area (Å²) in [6.45, 7) is 2.97. The second-order valence-electron chi connectivity index (χ2n) is 5.17. The Morgan fingerprint density at radius 1 is 1.30 bits per heavy atom. The standard InChI is InChI=1S/C16H17N5OS/c1-11-5-2-3-6-12(11)10-21-15(17)14(19-20-21)16(22)18-9-13-7-4-8-23-13/h2-8H,9-10,17H2,1H3,(H,18,22). The first-order valence-corrected chi connectivity index (χ1v) is 8.07. The van der Waals surface area contributed by atoms with Crippen LogP contribution in [0.4, 0.5) is 5.82 Å². The predicted octanol–water partition coefficient (Wildman–Crippen LogP) is 2.21. The van der Waals surface area contributed by atoms with Gasteiger partial charge >= 0.3 is 0 Å². The third-order valence-electron chi connectivity index (χ3n) is 3.57. The van der Waals surface area contributed by atoms with Crippen molar-refractivity contribution in [2.75, 3.05) is 5.73 Å². The summed E-state index contributed by atoms with van der Waals surface area (Å²) in [6, 6.07) is 11.9. The molecule has 1 amide bonds. The lowest BCUT2D eigenvalue weighted by Gasteiger charge is -2.07. The molecule has 0 saturated carbocycles. The van der Waals surface area contributed by atoms with Crippen LogP contribution in [-0.2, 0) is 13.1 Å². The third kappa shape index (κ3) is 3.40. The van der Waals surface area contributed by atoms with E-state index >= 15 is 0 Å². The minimum atomic E-state index is -0.313. The molecule has 7 heteroatoms. The third-order valence-corrected chi connectivity index (χ3v) is 4.45. The minimum absolute atomic E-state index is 0.162. The summed E-state index contributed by atoms with van der Waals surface area (Å²) < 4.78 is 1.54. The van der Waals surface area contributed by atoms with E-state index in [1.165, 1.54) is 0 Å². The number of hydrogen-bond acceptors (Lipinski definition) is 5. The number of carbonyl (C=O) groups excluding carboxylic acids is 1. The van der Waals surface area contributed by atoms with E-state index in [-0.39, 0.29) is 17.4 Å². The molecule has 3 aromatic rings. The van der Waals surface area contributed by atoms with E-state index in [9.17, 15) is 4.79 Å². The first kappa shape index (κ1) is 15.2. The Labute approximate surface area is 137 Å². The molecule has 0 aliphatic heterocycles. The average molecular weight is 327 g/mol. The van der Waals surface area contributed by atoms with Crippen molar-refractivity contribution in [3.8, 4) is 0 Å². The van der Waals surface area contributed by atoms with Crippen molar-refractivity contribution in [3.63, 3.8) is 0 Å². The van der Waals surface area contributed by atoms with Crippen molar-refractivity contribution >= 4 is 23.1 Å². The molecular weight excluding hydrogens is 310 g/mol. The van der Waals surface area contributed by atoms with Crippen LogP contribution in [-0.4, -0.2) is 20.9 Å². The van der Waals surface area contributed by atoms with Crippen molar-refractivity contribution in [1.82, 2.24) is 20.3 Å². The number of anilines is 1. The molecule has 0 aliphatic carbocycles. The maximum Gasteiger partial charge on any atom is 0.276 e. The molecule has 0 saturated heterocycles. The van der Waals surface area contributed by atoms with Crippen LogP contribution in [0.5, 0.6) is 0 Å². The van der Waals surface area contributed by atoms with Crippen molar-refractivity contribution < 1.29 is 4.79 Å². The first-order chi connectivity index (χ1) is 11.1. The van der Waals surface area contributed by atoms with Crippen LogP contribution in [0.25, 0.3) is 0 Å². The Balaban J connectivity index is 1.71. The molecule has 118 valence electrons. The van der Waals surface area contributed by atoms with E-state index in [0.29, 0.717) is 13.1 Å². The van der Waals surface area contributed by atoms with Crippen LogP contribution in [0, 0.1) is 6.92 Å². The summed E-state index contributed by atoms with van der Waals surface area (Å²) in [4.78, 5) is 13.3. The van der Waals surface area contributed by atoms with Crippen LogP contribution in [0.1, 0.15) is 26.5 Å². The number of nitrogens with two attached hydrogens (primary N) is 1. The van der Waals surface area contributed by atoms with Crippen LogP contribution < -0.4 is 11.1 Å².